The molecule has 3 N–H and O–H groups in total. The Morgan fingerprint density at radius 3 is 1.83 bits per heavy atom. The molecule has 0 spiro atoms. The third-order valence-corrected chi connectivity index (χ3v) is 0.756. The van der Waals surface area contributed by atoms with Crippen molar-refractivity contribution < 1.29 is 19.5 Å². The first-order valence-corrected chi connectivity index (χ1v) is 2.82. The van der Waals surface area contributed by atoms with Crippen LogP contribution < -0.4 is 5.32 Å². The quantitative estimate of drug-likeness (QED) is 0.343. The smallest absolute Gasteiger partial charge is 0.346 e. The summed E-state index contributed by atoms with van der Waals surface area (Å²) in [7, 11) is 0. The summed E-state index contributed by atoms with van der Waals surface area (Å²) in [4.78, 5) is 29.2. The molecule has 0 saturated heterocycles. The van der Waals surface area contributed by atoms with Crippen molar-refractivity contribution >= 4 is 24.0 Å². The van der Waals surface area contributed by atoms with Gasteiger partial charge in [0.05, 0.1) is 0 Å². The number of carboxylic acid groups (broad SMARTS) is 1. The maximum atomic E-state index is 10.0. The van der Waals surface area contributed by atoms with E-state index in [0.717, 1.165) is 0 Å². The Morgan fingerprint density at radius 2 is 1.75 bits per heavy atom. The van der Waals surface area contributed by atoms with E-state index in [9.17, 15) is 9.59 Å². The molecule has 0 aromatic heterocycles. The Morgan fingerprint density at radius 1 is 1.42 bits per heavy atom. The van der Waals surface area contributed by atoms with Crippen LogP contribution >= 0.6 is 0 Å². The van der Waals surface area contributed by atoms with Crippen LogP contribution in [0.15, 0.2) is 12.2 Å². The van der Waals surface area contributed by atoms with Gasteiger partial charge in [0.1, 0.15) is 6.21 Å². The van der Waals surface area contributed by atoms with Gasteiger partial charge in [-0.2, -0.15) is 0 Å². The molecule has 0 radical (unpaired) electrons. The van der Waals surface area contributed by atoms with Crippen LogP contribution in [0.1, 0.15) is 0 Å². The number of amides is 2. The highest BCUT2D eigenvalue weighted by atomic mass is 16.4. The van der Waals surface area contributed by atoms with E-state index in [4.69, 9.17) is 15.3 Å². The Labute approximate surface area is 67.4 Å². The van der Waals surface area contributed by atoms with Crippen LogP contribution in [0, 0.1) is 5.41 Å². The summed E-state index contributed by atoms with van der Waals surface area (Å²) < 4.78 is 0. The summed E-state index contributed by atoms with van der Waals surface area (Å²) in [6, 6.07) is 0. The summed E-state index contributed by atoms with van der Waals surface area (Å²) in [5, 5.41) is 15.4. The van der Waals surface area contributed by atoms with E-state index in [0.29, 0.717) is 6.21 Å². The molecular formula is C6H6N2O4. The minimum atomic E-state index is -1.20. The number of hydrogen-bond acceptors (Lipinski definition) is 4. The monoisotopic (exact) mass is 170 g/mol. The van der Waals surface area contributed by atoms with E-state index in [1.54, 1.807) is 0 Å². The van der Waals surface area contributed by atoms with Gasteiger partial charge in [-0.15, -0.1) is 0 Å². The zero-order valence-corrected chi connectivity index (χ0v) is 5.90. The third kappa shape index (κ3) is 4.86. The lowest BCUT2D eigenvalue weighted by Gasteiger charge is -1.80. The van der Waals surface area contributed by atoms with E-state index in [2.05, 4.69) is 0 Å². The minimum absolute atomic E-state index is 0.329. The first-order chi connectivity index (χ1) is 5.56. The largest absolute Gasteiger partial charge is 0.477 e. The highest BCUT2D eigenvalue weighted by Gasteiger charge is 2.06. The van der Waals surface area contributed by atoms with Crippen LogP contribution in [0.5, 0.6) is 0 Å². The molecule has 12 heavy (non-hydrogen) atoms. The Kier molecular flexibility index (Phi) is 3.99. The Hall–Kier alpha value is -1.98. The fourth-order valence-electron chi connectivity index (χ4n) is 0.356. The van der Waals surface area contributed by atoms with Crippen molar-refractivity contribution in [2.45, 2.75) is 0 Å². The molecule has 0 bridgehead atoms. The van der Waals surface area contributed by atoms with E-state index < -0.39 is 5.97 Å². The maximum absolute atomic E-state index is 10.0. The normalized spacial score (nSPS) is 13.0. The highest BCUT2D eigenvalue weighted by Crippen LogP contribution is 1.82. The molecule has 0 unspecified atom stereocenters. The Balaban J connectivity index is 0.000000217. The fourth-order valence-corrected chi connectivity index (χ4v) is 0.356. The van der Waals surface area contributed by atoms with Gasteiger partial charge in [0, 0.05) is 12.2 Å². The van der Waals surface area contributed by atoms with Crippen LogP contribution in [0.25, 0.3) is 0 Å². The van der Waals surface area contributed by atoms with Gasteiger partial charge in [0.2, 0.25) is 0 Å². The van der Waals surface area contributed by atoms with Gasteiger partial charge in [0.15, 0.2) is 0 Å². The second-order valence-corrected chi connectivity index (χ2v) is 1.67. The van der Waals surface area contributed by atoms with Crippen molar-refractivity contribution in [2.24, 2.45) is 0 Å². The van der Waals surface area contributed by atoms with Gasteiger partial charge in [-0.05, 0) is 0 Å². The molecule has 6 nitrogen and oxygen atoms in total. The standard InChI is InChI=1S/C4H3NO2.C2H3NO2/c6-3-1-2-4(7)5-3;3-1-2(4)5/h1-2H,(H,5,6,7);1,3H,(H,4,5). The highest BCUT2D eigenvalue weighted by molar-refractivity contribution is 6.20. The molecule has 1 heterocycles. The first-order valence-electron chi connectivity index (χ1n) is 2.82. The molecule has 1 aliphatic heterocycles. The molecule has 0 fully saturated rings. The zero-order valence-electron chi connectivity index (χ0n) is 5.90. The fraction of sp³-hybridized carbons (Fsp3) is 0. The second kappa shape index (κ2) is 4.78. The van der Waals surface area contributed by atoms with Crippen LogP contribution in [-0.4, -0.2) is 29.1 Å². The number of carboxylic acids is 1. The van der Waals surface area contributed by atoms with Crippen molar-refractivity contribution in [1.29, 1.82) is 5.41 Å². The molecule has 1 aliphatic rings. The van der Waals surface area contributed by atoms with Gasteiger partial charge in [-0.1, -0.05) is 0 Å². The third-order valence-electron chi connectivity index (χ3n) is 0.756. The van der Waals surface area contributed by atoms with Crippen molar-refractivity contribution in [3.63, 3.8) is 0 Å². The second-order valence-electron chi connectivity index (χ2n) is 1.67. The lowest BCUT2D eigenvalue weighted by Crippen LogP contribution is -2.19. The number of hydrogen-bond donors (Lipinski definition) is 3. The number of carbonyl (C=O) groups excluding carboxylic acids is 2. The first kappa shape index (κ1) is 10.0. The summed E-state index contributed by atoms with van der Waals surface area (Å²) in [6.45, 7) is 0. The summed E-state index contributed by atoms with van der Waals surface area (Å²) in [5.74, 6) is -1.86. The number of aliphatic carboxylic acids is 1. The molecule has 6 heteroatoms. The van der Waals surface area contributed by atoms with Gasteiger partial charge in [-0.3, -0.25) is 14.9 Å². The molecule has 0 atom stereocenters. The summed E-state index contributed by atoms with van der Waals surface area (Å²) in [5.41, 5.74) is 0. The predicted octanol–water partition coefficient (Wildman–Crippen LogP) is -1.08. The topological polar surface area (TPSA) is 107 Å². The molecule has 64 valence electrons. The molecule has 0 aromatic rings. The van der Waals surface area contributed by atoms with Crippen molar-refractivity contribution in [3.8, 4) is 0 Å². The average Bonchev–Trinajstić information content (AvgIpc) is 2.36. The molecule has 1 rings (SSSR count). The lowest BCUT2D eigenvalue weighted by molar-refractivity contribution is -0.129. The Bertz CT molecular complexity index is 240. The zero-order chi connectivity index (χ0) is 9.56. The number of rotatable bonds is 1. The van der Waals surface area contributed by atoms with Crippen LogP contribution in [0.2, 0.25) is 0 Å². The average molecular weight is 170 g/mol. The van der Waals surface area contributed by atoms with Crippen LogP contribution in [0.4, 0.5) is 0 Å². The molecule has 0 aromatic carbocycles. The predicted molar refractivity (Wildman–Crippen MR) is 38.7 cm³/mol. The van der Waals surface area contributed by atoms with Gasteiger partial charge < -0.3 is 10.5 Å². The molecule has 2 amide bonds. The van der Waals surface area contributed by atoms with Gasteiger partial charge in [-0.25, -0.2) is 4.79 Å². The SMILES string of the molecule is N=CC(=O)O.O=C1C=CC(=O)N1. The molecule has 0 aliphatic carbocycles. The van der Waals surface area contributed by atoms with E-state index >= 15 is 0 Å². The van der Waals surface area contributed by atoms with Crippen LogP contribution in [0.3, 0.4) is 0 Å². The molecule has 0 saturated carbocycles. The van der Waals surface area contributed by atoms with Crippen molar-refractivity contribution in [2.75, 3.05) is 0 Å². The van der Waals surface area contributed by atoms with E-state index in [-0.39, 0.29) is 11.8 Å². The van der Waals surface area contributed by atoms with Gasteiger partial charge in [0.25, 0.3) is 11.8 Å². The minimum Gasteiger partial charge on any atom is -0.477 e. The van der Waals surface area contributed by atoms with Gasteiger partial charge >= 0.3 is 5.97 Å². The van der Waals surface area contributed by atoms with Crippen molar-refractivity contribution in [3.05, 3.63) is 12.2 Å². The summed E-state index contributed by atoms with van der Waals surface area (Å²) >= 11 is 0. The maximum Gasteiger partial charge on any atom is 0.346 e. The van der Waals surface area contributed by atoms with E-state index in [1.165, 1.54) is 12.2 Å². The summed E-state index contributed by atoms with van der Waals surface area (Å²) in [6.07, 6.45) is 2.73. The number of carbonyl (C=O) groups is 3. The number of imide groups is 1. The number of nitrogens with one attached hydrogen (secondary N) is 2. The van der Waals surface area contributed by atoms with Crippen LogP contribution in [-0.2, 0) is 14.4 Å². The van der Waals surface area contributed by atoms with Crippen molar-refractivity contribution in [1.82, 2.24) is 5.32 Å². The molecular weight excluding hydrogens is 164 g/mol. The van der Waals surface area contributed by atoms with E-state index in [1.807, 2.05) is 5.32 Å². The lowest BCUT2D eigenvalue weighted by atomic mass is 10.6.